The van der Waals surface area contributed by atoms with Crippen LogP contribution in [0, 0.1) is 0 Å². The van der Waals surface area contributed by atoms with Crippen LogP contribution in [0.2, 0.25) is 0 Å². The minimum atomic E-state index is -0.770. The minimum Gasteiger partial charge on any atom is -0.462 e. The predicted octanol–water partition coefficient (Wildman–Crippen LogP) is 18.3. The summed E-state index contributed by atoms with van der Waals surface area (Å²) in [4.78, 5) is 38.0. The van der Waals surface area contributed by atoms with Crippen molar-refractivity contribution in [2.45, 2.75) is 309 Å². The summed E-state index contributed by atoms with van der Waals surface area (Å²) in [6.45, 7) is 6.64. The van der Waals surface area contributed by atoms with Gasteiger partial charge in [0, 0.05) is 19.3 Å². The number of allylic oxidation sites excluding steroid dienone is 4. The van der Waals surface area contributed by atoms with Crippen molar-refractivity contribution >= 4 is 17.9 Å². The highest BCUT2D eigenvalue weighted by atomic mass is 16.6. The molecule has 0 unspecified atom stereocenters. The highest BCUT2D eigenvalue weighted by Crippen LogP contribution is 2.16. The molecule has 0 fully saturated rings. The van der Waals surface area contributed by atoms with Crippen LogP contribution in [0.15, 0.2) is 24.3 Å². The van der Waals surface area contributed by atoms with Crippen LogP contribution in [0.3, 0.4) is 0 Å². The number of ether oxygens (including phenoxy) is 3. The molecule has 0 rings (SSSR count). The monoisotopic (exact) mass is 887 g/mol. The topological polar surface area (TPSA) is 78.9 Å². The Labute approximate surface area is 392 Å². The van der Waals surface area contributed by atoms with Gasteiger partial charge in [0.25, 0.3) is 0 Å². The quantitative estimate of drug-likeness (QED) is 0.0262. The maximum atomic E-state index is 12.8. The molecule has 0 aliphatic heterocycles. The smallest absolute Gasteiger partial charge is 0.306 e. The summed E-state index contributed by atoms with van der Waals surface area (Å²) in [7, 11) is 0. The summed E-state index contributed by atoms with van der Waals surface area (Å²) in [6, 6.07) is 0. The molecule has 0 saturated carbocycles. The molecule has 6 heteroatoms. The van der Waals surface area contributed by atoms with Gasteiger partial charge in [-0.25, -0.2) is 0 Å². The Balaban J connectivity index is 4.27. The van der Waals surface area contributed by atoms with Gasteiger partial charge in [-0.3, -0.25) is 14.4 Å². The summed E-state index contributed by atoms with van der Waals surface area (Å²) >= 11 is 0. The molecule has 370 valence electrons. The molecular formula is C57H106O6. The average Bonchev–Trinajstić information content (AvgIpc) is 3.28. The third-order valence-corrected chi connectivity index (χ3v) is 12.4. The molecule has 1 atom stereocenters. The Bertz CT molecular complexity index is 1020. The summed E-state index contributed by atoms with van der Waals surface area (Å²) in [5.74, 6) is -0.867. The number of unbranched alkanes of at least 4 members (excludes halogenated alkanes) is 36. The zero-order valence-electron chi connectivity index (χ0n) is 42.4. The van der Waals surface area contributed by atoms with Crippen molar-refractivity contribution in [2.24, 2.45) is 0 Å². The van der Waals surface area contributed by atoms with Crippen LogP contribution in [0.5, 0.6) is 0 Å². The lowest BCUT2D eigenvalue weighted by molar-refractivity contribution is -0.167. The van der Waals surface area contributed by atoms with Crippen molar-refractivity contribution in [3.05, 3.63) is 24.3 Å². The SMILES string of the molecule is CCCCCCCC/C=C\CCCCCCCCCC(=O)O[C@@H](COC(=O)CCCCCCCCC/C=C\CCCCCCCCCC)COC(=O)CCCCCCCCCCC. The van der Waals surface area contributed by atoms with E-state index in [2.05, 4.69) is 45.1 Å². The predicted molar refractivity (Wildman–Crippen MR) is 270 cm³/mol. The molecule has 0 saturated heterocycles. The van der Waals surface area contributed by atoms with Crippen molar-refractivity contribution in [1.82, 2.24) is 0 Å². The van der Waals surface area contributed by atoms with Crippen molar-refractivity contribution in [3.63, 3.8) is 0 Å². The summed E-state index contributed by atoms with van der Waals surface area (Å²) in [5.41, 5.74) is 0. The molecule has 0 heterocycles. The molecule has 0 aliphatic rings. The fraction of sp³-hybridized carbons (Fsp3) is 0.877. The highest BCUT2D eigenvalue weighted by Gasteiger charge is 2.19. The van der Waals surface area contributed by atoms with Gasteiger partial charge in [0.15, 0.2) is 6.10 Å². The first kappa shape index (κ1) is 60.9. The van der Waals surface area contributed by atoms with Crippen LogP contribution in [0.4, 0.5) is 0 Å². The molecule has 6 nitrogen and oxygen atoms in total. The first-order valence-corrected chi connectivity index (χ1v) is 27.8. The summed E-state index contributed by atoms with van der Waals surface area (Å²) in [6.07, 6.45) is 60.3. The zero-order valence-corrected chi connectivity index (χ0v) is 42.4. The number of hydrogen-bond donors (Lipinski definition) is 0. The molecule has 0 spiro atoms. The molecule has 0 aromatic rings. The molecule has 0 amide bonds. The van der Waals surface area contributed by atoms with Gasteiger partial charge in [-0.2, -0.15) is 0 Å². The van der Waals surface area contributed by atoms with Crippen molar-refractivity contribution in [1.29, 1.82) is 0 Å². The van der Waals surface area contributed by atoms with Crippen molar-refractivity contribution in [2.75, 3.05) is 13.2 Å². The van der Waals surface area contributed by atoms with Gasteiger partial charge < -0.3 is 14.2 Å². The van der Waals surface area contributed by atoms with Crippen LogP contribution >= 0.6 is 0 Å². The van der Waals surface area contributed by atoms with Gasteiger partial charge in [0.1, 0.15) is 13.2 Å². The van der Waals surface area contributed by atoms with Crippen LogP contribution in [-0.4, -0.2) is 37.2 Å². The molecule has 0 N–H and O–H groups in total. The van der Waals surface area contributed by atoms with E-state index in [0.717, 1.165) is 57.8 Å². The normalized spacial score (nSPS) is 12.1. The maximum absolute atomic E-state index is 12.8. The molecule has 0 aromatic carbocycles. The van der Waals surface area contributed by atoms with E-state index in [0.29, 0.717) is 19.3 Å². The molecule has 0 radical (unpaired) electrons. The van der Waals surface area contributed by atoms with E-state index in [1.165, 1.54) is 205 Å². The van der Waals surface area contributed by atoms with Crippen LogP contribution in [-0.2, 0) is 28.6 Å². The van der Waals surface area contributed by atoms with Gasteiger partial charge in [-0.15, -0.1) is 0 Å². The Morgan fingerprint density at radius 3 is 0.794 bits per heavy atom. The lowest BCUT2D eigenvalue weighted by Crippen LogP contribution is -2.30. The summed E-state index contributed by atoms with van der Waals surface area (Å²) in [5, 5.41) is 0. The molecule has 0 aliphatic carbocycles. The van der Waals surface area contributed by atoms with E-state index >= 15 is 0 Å². The number of rotatable bonds is 51. The summed E-state index contributed by atoms with van der Waals surface area (Å²) < 4.78 is 16.8. The highest BCUT2D eigenvalue weighted by molar-refractivity contribution is 5.71. The van der Waals surface area contributed by atoms with Gasteiger partial charge in [0.05, 0.1) is 0 Å². The second-order valence-electron chi connectivity index (χ2n) is 18.8. The van der Waals surface area contributed by atoms with Crippen molar-refractivity contribution in [3.8, 4) is 0 Å². The number of hydrogen-bond acceptors (Lipinski definition) is 6. The third kappa shape index (κ3) is 50.7. The Kier molecular flexibility index (Phi) is 50.8. The van der Waals surface area contributed by atoms with E-state index in [1.54, 1.807) is 0 Å². The van der Waals surface area contributed by atoms with Crippen LogP contribution < -0.4 is 0 Å². The van der Waals surface area contributed by atoms with Crippen LogP contribution in [0.25, 0.3) is 0 Å². The average molecular weight is 887 g/mol. The van der Waals surface area contributed by atoms with Crippen LogP contribution in [0.1, 0.15) is 303 Å². The first-order valence-electron chi connectivity index (χ1n) is 27.8. The van der Waals surface area contributed by atoms with Gasteiger partial charge in [0.2, 0.25) is 0 Å². The van der Waals surface area contributed by atoms with Gasteiger partial charge >= 0.3 is 17.9 Å². The minimum absolute atomic E-state index is 0.0709. The molecule has 0 aromatic heterocycles. The van der Waals surface area contributed by atoms with E-state index in [-0.39, 0.29) is 31.1 Å². The maximum Gasteiger partial charge on any atom is 0.306 e. The van der Waals surface area contributed by atoms with E-state index in [9.17, 15) is 14.4 Å². The van der Waals surface area contributed by atoms with E-state index in [4.69, 9.17) is 14.2 Å². The number of carbonyl (C=O) groups excluding carboxylic acids is 3. The Morgan fingerprint density at radius 2 is 0.524 bits per heavy atom. The fourth-order valence-electron chi connectivity index (χ4n) is 8.20. The second kappa shape index (κ2) is 52.5. The largest absolute Gasteiger partial charge is 0.462 e. The Morgan fingerprint density at radius 1 is 0.302 bits per heavy atom. The second-order valence-corrected chi connectivity index (χ2v) is 18.8. The Hall–Kier alpha value is -2.11. The van der Waals surface area contributed by atoms with Crippen molar-refractivity contribution < 1.29 is 28.6 Å². The zero-order chi connectivity index (χ0) is 45.8. The molecule has 0 bridgehead atoms. The lowest BCUT2D eigenvalue weighted by Gasteiger charge is -2.18. The van der Waals surface area contributed by atoms with Gasteiger partial charge in [-0.1, -0.05) is 238 Å². The third-order valence-electron chi connectivity index (χ3n) is 12.4. The lowest BCUT2D eigenvalue weighted by atomic mass is 10.1. The fourth-order valence-corrected chi connectivity index (χ4v) is 8.20. The first-order chi connectivity index (χ1) is 31.0. The number of esters is 3. The van der Waals surface area contributed by atoms with E-state index in [1.807, 2.05) is 0 Å². The number of carbonyl (C=O) groups is 3. The van der Waals surface area contributed by atoms with E-state index < -0.39 is 6.10 Å². The molecule has 63 heavy (non-hydrogen) atoms. The van der Waals surface area contributed by atoms with Gasteiger partial charge in [-0.05, 0) is 70.6 Å². The molecular weight excluding hydrogens is 781 g/mol. The standard InChI is InChI=1S/C57H106O6/c1-4-7-10-13-16-19-21-23-25-27-28-30-31-33-35-38-41-44-47-50-56(59)62-53-54(52-61-55(58)49-46-43-40-37-18-15-12-9-6-3)63-57(60)51-48-45-42-39-36-34-32-29-26-24-22-20-17-14-11-8-5-2/h24,26-28,54H,4-23,25,29-53H2,1-3H3/b26-24-,28-27-/t54-/m1/s1.